The van der Waals surface area contributed by atoms with Gasteiger partial charge >= 0.3 is 0 Å². The summed E-state index contributed by atoms with van der Waals surface area (Å²) in [6.07, 6.45) is 3.10. The molecule has 1 unspecified atom stereocenters. The zero-order valence-corrected chi connectivity index (χ0v) is 11.1. The van der Waals surface area contributed by atoms with Gasteiger partial charge in [-0.3, -0.25) is 4.40 Å². The van der Waals surface area contributed by atoms with Gasteiger partial charge in [-0.15, -0.1) is 10.2 Å². The Kier molecular flexibility index (Phi) is 3.18. The molecular formula is C13H12N4OS. The first-order valence-corrected chi connectivity index (χ1v) is 6.67. The van der Waals surface area contributed by atoms with E-state index in [2.05, 4.69) is 15.2 Å². The monoisotopic (exact) mass is 272 g/mol. The molecule has 0 aromatic carbocycles. The van der Waals surface area contributed by atoms with E-state index in [1.807, 2.05) is 34.9 Å². The van der Waals surface area contributed by atoms with Gasteiger partial charge in [0.2, 0.25) is 5.16 Å². The number of nitrogens with zero attached hydrogens (tertiary/aromatic N) is 4. The first kappa shape index (κ1) is 12.1. The molecule has 0 spiro atoms. The Morgan fingerprint density at radius 3 is 3.00 bits per heavy atom. The zero-order chi connectivity index (χ0) is 13.2. The molecule has 0 aliphatic carbocycles. The Balaban J connectivity index is 1.95. The summed E-state index contributed by atoms with van der Waals surface area (Å²) in [6.45, 7) is 1.73. The molecule has 0 saturated heterocycles. The number of hydrogen-bond donors (Lipinski definition) is 1. The van der Waals surface area contributed by atoms with Crippen molar-refractivity contribution in [3.05, 3.63) is 48.3 Å². The average Bonchev–Trinajstić information content (AvgIpc) is 2.83. The van der Waals surface area contributed by atoms with Crippen LogP contribution in [0.15, 0.2) is 52.9 Å². The van der Waals surface area contributed by atoms with Gasteiger partial charge in [-0.1, -0.05) is 6.07 Å². The molecule has 5 nitrogen and oxygen atoms in total. The highest BCUT2D eigenvalue weighted by Crippen LogP contribution is 2.26. The quantitative estimate of drug-likeness (QED) is 0.792. The van der Waals surface area contributed by atoms with Crippen molar-refractivity contribution in [1.82, 2.24) is 19.6 Å². The van der Waals surface area contributed by atoms with E-state index in [9.17, 15) is 5.11 Å². The van der Waals surface area contributed by atoms with Crippen LogP contribution in [0.2, 0.25) is 0 Å². The van der Waals surface area contributed by atoms with Gasteiger partial charge < -0.3 is 5.11 Å². The maximum Gasteiger partial charge on any atom is 0.201 e. The lowest BCUT2D eigenvalue weighted by atomic mass is 10.2. The molecule has 19 heavy (non-hydrogen) atoms. The standard InChI is InChI=1S/C13H12N4OS/c1-9(18)10-5-6-14-12(8-10)19-13-16-15-11-4-2-3-7-17(11)13/h2-9,18H,1H3. The highest BCUT2D eigenvalue weighted by Gasteiger charge is 2.09. The third-order valence-electron chi connectivity index (χ3n) is 2.72. The van der Waals surface area contributed by atoms with E-state index in [0.717, 1.165) is 21.4 Å². The molecule has 1 atom stereocenters. The van der Waals surface area contributed by atoms with Crippen LogP contribution in [0.1, 0.15) is 18.6 Å². The highest BCUT2D eigenvalue weighted by molar-refractivity contribution is 7.99. The Labute approximate surface area is 114 Å². The predicted molar refractivity (Wildman–Crippen MR) is 72.0 cm³/mol. The van der Waals surface area contributed by atoms with Crippen LogP contribution >= 0.6 is 11.8 Å². The van der Waals surface area contributed by atoms with Crippen molar-refractivity contribution in [3.63, 3.8) is 0 Å². The Morgan fingerprint density at radius 2 is 2.16 bits per heavy atom. The second-order valence-corrected chi connectivity index (χ2v) is 5.10. The lowest BCUT2D eigenvalue weighted by Gasteiger charge is -2.05. The minimum Gasteiger partial charge on any atom is -0.389 e. The number of aliphatic hydroxyl groups excluding tert-OH is 1. The molecule has 0 amide bonds. The van der Waals surface area contributed by atoms with Gasteiger partial charge in [0.15, 0.2) is 5.65 Å². The second-order valence-electron chi connectivity index (χ2n) is 4.12. The maximum atomic E-state index is 9.58. The third-order valence-corrected chi connectivity index (χ3v) is 3.61. The summed E-state index contributed by atoms with van der Waals surface area (Å²) in [7, 11) is 0. The molecule has 3 rings (SSSR count). The first-order valence-electron chi connectivity index (χ1n) is 5.85. The molecule has 0 aliphatic rings. The molecule has 3 heterocycles. The molecular weight excluding hydrogens is 260 g/mol. The Hall–Kier alpha value is -1.92. The lowest BCUT2D eigenvalue weighted by molar-refractivity contribution is 0.199. The fourth-order valence-corrected chi connectivity index (χ4v) is 2.55. The normalized spacial score (nSPS) is 12.7. The van der Waals surface area contributed by atoms with E-state index in [-0.39, 0.29) is 0 Å². The molecule has 0 aliphatic heterocycles. The van der Waals surface area contributed by atoms with Crippen LogP contribution in [0.3, 0.4) is 0 Å². The van der Waals surface area contributed by atoms with Crippen molar-refractivity contribution in [1.29, 1.82) is 0 Å². The molecule has 0 radical (unpaired) electrons. The zero-order valence-electron chi connectivity index (χ0n) is 10.3. The summed E-state index contributed by atoms with van der Waals surface area (Å²) in [5.41, 5.74) is 1.64. The molecule has 3 aromatic rings. The van der Waals surface area contributed by atoms with E-state index >= 15 is 0 Å². The first-order chi connectivity index (χ1) is 9.24. The summed E-state index contributed by atoms with van der Waals surface area (Å²) < 4.78 is 1.90. The highest BCUT2D eigenvalue weighted by atomic mass is 32.2. The van der Waals surface area contributed by atoms with Crippen LogP contribution < -0.4 is 0 Å². The van der Waals surface area contributed by atoms with Crippen molar-refractivity contribution < 1.29 is 5.11 Å². The summed E-state index contributed by atoms with van der Waals surface area (Å²) in [5.74, 6) is 0. The summed E-state index contributed by atoms with van der Waals surface area (Å²) >= 11 is 1.42. The van der Waals surface area contributed by atoms with Crippen LogP contribution in [0.5, 0.6) is 0 Å². The topological polar surface area (TPSA) is 63.3 Å². The fourth-order valence-electron chi connectivity index (χ4n) is 1.72. The number of aromatic nitrogens is 4. The molecule has 6 heteroatoms. The largest absolute Gasteiger partial charge is 0.389 e. The lowest BCUT2D eigenvalue weighted by Crippen LogP contribution is -1.93. The van der Waals surface area contributed by atoms with Crippen molar-refractivity contribution in [2.75, 3.05) is 0 Å². The van der Waals surface area contributed by atoms with Crippen LogP contribution in [0.4, 0.5) is 0 Å². The van der Waals surface area contributed by atoms with Gasteiger partial charge in [0.25, 0.3) is 0 Å². The van der Waals surface area contributed by atoms with Crippen LogP contribution in [-0.2, 0) is 0 Å². The minimum atomic E-state index is -0.502. The van der Waals surface area contributed by atoms with Gasteiger partial charge in [0.05, 0.1) is 6.10 Å². The van der Waals surface area contributed by atoms with Gasteiger partial charge in [-0.25, -0.2) is 4.98 Å². The van der Waals surface area contributed by atoms with Crippen LogP contribution in [-0.4, -0.2) is 24.7 Å². The predicted octanol–water partition coefficient (Wildman–Crippen LogP) is 2.33. The number of aliphatic hydroxyl groups is 1. The summed E-state index contributed by atoms with van der Waals surface area (Å²) in [5, 5.41) is 19.3. The molecule has 3 aromatic heterocycles. The second kappa shape index (κ2) is 4.99. The Morgan fingerprint density at radius 1 is 1.26 bits per heavy atom. The van der Waals surface area contributed by atoms with E-state index < -0.39 is 6.10 Å². The number of rotatable bonds is 3. The number of fused-ring (bicyclic) bond motifs is 1. The SMILES string of the molecule is CC(O)c1ccnc(Sc2nnc3ccccn23)c1. The van der Waals surface area contributed by atoms with E-state index in [0.29, 0.717) is 0 Å². The van der Waals surface area contributed by atoms with E-state index in [1.165, 1.54) is 11.8 Å². The number of hydrogen-bond acceptors (Lipinski definition) is 5. The molecule has 96 valence electrons. The average molecular weight is 272 g/mol. The molecule has 0 saturated carbocycles. The van der Waals surface area contributed by atoms with Gasteiger partial charge in [0.1, 0.15) is 5.03 Å². The van der Waals surface area contributed by atoms with Gasteiger partial charge in [0, 0.05) is 12.4 Å². The third kappa shape index (κ3) is 2.45. The van der Waals surface area contributed by atoms with Crippen molar-refractivity contribution >= 4 is 17.4 Å². The minimum absolute atomic E-state index is 0.502. The number of pyridine rings is 2. The van der Waals surface area contributed by atoms with Crippen LogP contribution in [0, 0.1) is 0 Å². The van der Waals surface area contributed by atoms with Gasteiger partial charge in [-0.2, -0.15) is 0 Å². The van der Waals surface area contributed by atoms with E-state index in [4.69, 9.17) is 0 Å². The van der Waals surface area contributed by atoms with Crippen molar-refractivity contribution in [2.45, 2.75) is 23.2 Å². The van der Waals surface area contributed by atoms with Crippen molar-refractivity contribution in [3.8, 4) is 0 Å². The molecule has 1 N–H and O–H groups in total. The summed E-state index contributed by atoms with van der Waals surface area (Å²) in [6, 6.07) is 9.41. The van der Waals surface area contributed by atoms with Crippen LogP contribution in [0.25, 0.3) is 5.65 Å². The Bertz CT molecular complexity index is 710. The molecule has 0 fully saturated rings. The maximum absolute atomic E-state index is 9.58. The smallest absolute Gasteiger partial charge is 0.201 e. The molecule has 0 bridgehead atoms. The van der Waals surface area contributed by atoms with Crippen molar-refractivity contribution in [2.24, 2.45) is 0 Å². The van der Waals surface area contributed by atoms with E-state index in [1.54, 1.807) is 19.2 Å². The summed E-state index contributed by atoms with van der Waals surface area (Å²) in [4.78, 5) is 4.27. The fraction of sp³-hybridized carbons (Fsp3) is 0.154. The van der Waals surface area contributed by atoms with Gasteiger partial charge in [-0.05, 0) is 48.5 Å².